The van der Waals surface area contributed by atoms with Gasteiger partial charge in [-0.1, -0.05) is 27.5 Å². The van der Waals surface area contributed by atoms with E-state index in [2.05, 4.69) is 27.3 Å². The van der Waals surface area contributed by atoms with Crippen LogP contribution in [0.5, 0.6) is 0 Å². The van der Waals surface area contributed by atoms with Crippen molar-refractivity contribution < 1.29 is 0 Å². The zero-order valence-corrected chi connectivity index (χ0v) is 12.2. The highest BCUT2D eigenvalue weighted by atomic mass is 79.9. The lowest BCUT2D eigenvalue weighted by molar-refractivity contribution is 0.507. The van der Waals surface area contributed by atoms with Crippen LogP contribution in [0.15, 0.2) is 22.7 Å². The molecular weight excluding hydrogens is 306 g/mol. The molecule has 1 fully saturated rings. The molecule has 1 saturated heterocycles. The van der Waals surface area contributed by atoms with E-state index < -0.39 is 0 Å². The molecular formula is C12H15BrClNS. The standard InChI is InChI=1S/C12H15BrClNS/c13-10-3-4-12(14)9(6-10)7-15-11-2-1-5-16-8-11/h3-4,6,11,15H,1-2,5,7-8H2. The molecule has 0 aromatic heterocycles. The van der Waals surface area contributed by atoms with Crippen LogP contribution < -0.4 is 5.32 Å². The summed E-state index contributed by atoms with van der Waals surface area (Å²) in [6.07, 6.45) is 2.62. The Morgan fingerprint density at radius 2 is 2.38 bits per heavy atom. The summed E-state index contributed by atoms with van der Waals surface area (Å²) in [5.74, 6) is 2.54. The van der Waals surface area contributed by atoms with Gasteiger partial charge in [-0.05, 0) is 42.4 Å². The molecule has 1 atom stereocenters. The van der Waals surface area contributed by atoms with Crippen LogP contribution in [0.25, 0.3) is 0 Å². The van der Waals surface area contributed by atoms with E-state index >= 15 is 0 Å². The van der Waals surface area contributed by atoms with E-state index in [0.717, 1.165) is 16.0 Å². The van der Waals surface area contributed by atoms with E-state index in [1.54, 1.807) is 0 Å². The summed E-state index contributed by atoms with van der Waals surface area (Å²) < 4.78 is 1.09. The first-order valence-corrected chi connectivity index (χ1v) is 7.83. The van der Waals surface area contributed by atoms with Gasteiger partial charge in [0.25, 0.3) is 0 Å². The van der Waals surface area contributed by atoms with Gasteiger partial charge >= 0.3 is 0 Å². The van der Waals surface area contributed by atoms with Crippen molar-refractivity contribution in [3.63, 3.8) is 0 Å². The van der Waals surface area contributed by atoms with Gasteiger partial charge in [0.05, 0.1) is 0 Å². The van der Waals surface area contributed by atoms with Crippen LogP contribution in [-0.4, -0.2) is 17.5 Å². The van der Waals surface area contributed by atoms with Gasteiger partial charge in [-0.15, -0.1) is 0 Å². The normalized spacial score (nSPS) is 21.0. The van der Waals surface area contributed by atoms with Gasteiger partial charge in [-0.25, -0.2) is 0 Å². The predicted molar refractivity (Wildman–Crippen MR) is 76.3 cm³/mol. The third kappa shape index (κ3) is 3.66. The van der Waals surface area contributed by atoms with Crippen LogP contribution in [0.4, 0.5) is 0 Å². The summed E-state index contributed by atoms with van der Waals surface area (Å²) in [5.41, 5.74) is 1.17. The molecule has 0 saturated carbocycles. The number of rotatable bonds is 3. The highest BCUT2D eigenvalue weighted by Crippen LogP contribution is 2.22. The lowest BCUT2D eigenvalue weighted by Crippen LogP contribution is -2.33. The highest BCUT2D eigenvalue weighted by Gasteiger charge is 2.13. The fourth-order valence-electron chi connectivity index (χ4n) is 1.83. The molecule has 0 spiro atoms. The first-order valence-electron chi connectivity index (χ1n) is 5.51. The first kappa shape index (κ1) is 12.7. The maximum absolute atomic E-state index is 6.15. The van der Waals surface area contributed by atoms with Crippen LogP contribution in [-0.2, 0) is 6.54 Å². The Balaban J connectivity index is 1.90. The zero-order chi connectivity index (χ0) is 11.4. The minimum absolute atomic E-state index is 0.647. The quantitative estimate of drug-likeness (QED) is 0.900. The molecule has 1 nitrogen and oxygen atoms in total. The monoisotopic (exact) mass is 319 g/mol. The van der Waals surface area contributed by atoms with Gasteiger partial charge in [0, 0.05) is 27.8 Å². The number of hydrogen-bond acceptors (Lipinski definition) is 2. The topological polar surface area (TPSA) is 12.0 Å². The maximum atomic E-state index is 6.15. The Labute approximate surface area is 114 Å². The Morgan fingerprint density at radius 1 is 1.50 bits per heavy atom. The Kier molecular flexibility index (Phi) is 5.01. The second-order valence-corrected chi connectivity index (χ2v) is 6.50. The molecule has 2 rings (SSSR count). The molecule has 1 aliphatic rings. The molecule has 88 valence electrons. The summed E-state index contributed by atoms with van der Waals surface area (Å²) in [6.45, 7) is 0.865. The van der Waals surface area contributed by atoms with Crippen LogP contribution in [0.3, 0.4) is 0 Å². The summed E-state index contributed by atoms with van der Waals surface area (Å²) in [5, 5.41) is 4.43. The third-order valence-corrected chi connectivity index (χ3v) is 4.83. The van der Waals surface area contributed by atoms with Gasteiger partial charge < -0.3 is 5.32 Å². The van der Waals surface area contributed by atoms with Gasteiger partial charge in [0.1, 0.15) is 0 Å². The van der Waals surface area contributed by atoms with Crippen LogP contribution >= 0.6 is 39.3 Å². The Bertz CT molecular complexity index is 353. The fourth-order valence-corrected chi connectivity index (χ4v) is 3.53. The number of hydrogen-bond donors (Lipinski definition) is 1. The second-order valence-electron chi connectivity index (χ2n) is 4.03. The summed E-state index contributed by atoms with van der Waals surface area (Å²) in [4.78, 5) is 0. The molecule has 1 aromatic carbocycles. The molecule has 16 heavy (non-hydrogen) atoms. The minimum Gasteiger partial charge on any atom is -0.309 e. The fraction of sp³-hybridized carbons (Fsp3) is 0.500. The van der Waals surface area contributed by atoms with Crippen molar-refractivity contribution in [3.05, 3.63) is 33.3 Å². The number of nitrogens with one attached hydrogen (secondary N) is 1. The smallest absolute Gasteiger partial charge is 0.0451 e. The first-order chi connectivity index (χ1) is 7.75. The third-order valence-electron chi connectivity index (χ3n) is 2.75. The van der Waals surface area contributed by atoms with Gasteiger partial charge in [0.2, 0.25) is 0 Å². The molecule has 0 radical (unpaired) electrons. The SMILES string of the molecule is Clc1ccc(Br)cc1CNC1CCCSC1. The lowest BCUT2D eigenvalue weighted by Gasteiger charge is -2.22. The summed E-state index contributed by atoms with van der Waals surface area (Å²) in [7, 11) is 0. The second kappa shape index (κ2) is 6.29. The van der Waals surface area contributed by atoms with Gasteiger partial charge in [0.15, 0.2) is 0 Å². The van der Waals surface area contributed by atoms with Crippen molar-refractivity contribution >= 4 is 39.3 Å². The minimum atomic E-state index is 0.647. The van der Waals surface area contributed by atoms with Gasteiger partial charge in [-0.2, -0.15) is 11.8 Å². The van der Waals surface area contributed by atoms with Crippen LogP contribution in [0.1, 0.15) is 18.4 Å². The van der Waals surface area contributed by atoms with Crippen LogP contribution in [0, 0.1) is 0 Å². The van der Waals surface area contributed by atoms with E-state index in [1.807, 2.05) is 23.9 Å². The van der Waals surface area contributed by atoms with Crippen molar-refractivity contribution in [3.8, 4) is 0 Å². The van der Waals surface area contributed by atoms with Crippen molar-refractivity contribution in [1.82, 2.24) is 5.32 Å². The molecule has 0 aliphatic carbocycles. The van der Waals surface area contributed by atoms with Crippen molar-refractivity contribution in [2.24, 2.45) is 0 Å². The predicted octanol–water partition coefficient (Wildman–Crippen LogP) is 4.09. The molecule has 1 N–H and O–H groups in total. The van der Waals surface area contributed by atoms with Crippen molar-refractivity contribution in [1.29, 1.82) is 0 Å². The Morgan fingerprint density at radius 3 is 3.12 bits per heavy atom. The average molecular weight is 321 g/mol. The number of benzene rings is 1. The zero-order valence-electron chi connectivity index (χ0n) is 9.01. The van der Waals surface area contributed by atoms with Crippen molar-refractivity contribution in [2.75, 3.05) is 11.5 Å². The van der Waals surface area contributed by atoms with Crippen LogP contribution in [0.2, 0.25) is 5.02 Å². The Hall–Kier alpha value is 0.300. The van der Waals surface area contributed by atoms with E-state index in [0.29, 0.717) is 6.04 Å². The summed E-state index contributed by atoms with van der Waals surface area (Å²) >= 11 is 11.7. The molecule has 1 heterocycles. The molecule has 4 heteroatoms. The molecule has 1 unspecified atom stereocenters. The molecule has 1 aliphatic heterocycles. The number of thioether (sulfide) groups is 1. The lowest BCUT2D eigenvalue weighted by atomic mass is 10.1. The van der Waals surface area contributed by atoms with E-state index in [1.165, 1.54) is 29.9 Å². The molecule has 0 amide bonds. The average Bonchev–Trinajstić information content (AvgIpc) is 2.32. The number of halogens is 2. The van der Waals surface area contributed by atoms with Crippen molar-refractivity contribution in [2.45, 2.75) is 25.4 Å². The van der Waals surface area contributed by atoms with E-state index in [9.17, 15) is 0 Å². The van der Waals surface area contributed by atoms with E-state index in [4.69, 9.17) is 11.6 Å². The maximum Gasteiger partial charge on any atom is 0.0451 e. The van der Waals surface area contributed by atoms with Gasteiger partial charge in [-0.3, -0.25) is 0 Å². The summed E-state index contributed by atoms with van der Waals surface area (Å²) in [6, 6.07) is 6.65. The molecule has 1 aromatic rings. The highest BCUT2D eigenvalue weighted by molar-refractivity contribution is 9.10. The molecule has 0 bridgehead atoms. The largest absolute Gasteiger partial charge is 0.309 e. The van der Waals surface area contributed by atoms with E-state index in [-0.39, 0.29) is 0 Å².